The Hall–Kier alpha value is -1.97. The summed E-state index contributed by atoms with van der Waals surface area (Å²) in [6, 6.07) is 5.57. The Labute approximate surface area is 80.9 Å². The number of hydrogen-bond donors (Lipinski definition) is 2. The highest BCUT2D eigenvalue weighted by atomic mass is 16.5. The molecule has 0 aliphatic rings. The van der Waals surface area contributed by atoms with E-state index in [2.05, 4.69) is 10.3 Å². The molecule has 1 aromatic carbocycles. The summed E-state index contributed by atoms with van der Waals surface area (Å²) in [6.07, 6.45) is 2.47. The molecule has 2 rings (SSSR count). The van der Waals surface area contributed by atoms with E-state index in [0.29, 0.717) is 12.2 Å². The van der Waals surface area contributed by atoms with Crippen LogP contribution in [0.3, 0.4) is 0 Å². The standard InChI is InChI=1S/C10H10N2O2/c1-14-7-4-9-8(2-3-11-9)10(5-7)12-6-13/h2-6,11H,1H3,(H,12,13). The van der Waals surface area contributed by atoms with Gasteiger partial charge in [-0.25, -0.2) is 0 Å². The van der Waals surface area contributed by atoms with Crippen molar-refractivity contribution in [1.82, 2.24) is 4.98 Å². The number of anilines is 1. The summed E-state index contributed by atoms with van der Waals surface area (Å²) in [5.74, 6) is 0.712. The first kappa shape index (κ1) is 8.62. The van der Waals surface area contributed by atoms with Gasteiger partial charge in [0.25, 0.3) is 0 Å². The van der Waals surface area contributed by atoms with Gasteiger partial charge in [0, 0.05) is 23.7 Å². The maximum absolute atomic E-state index is 10.4. The van der Waals surface area contributed by atoms with E-state index in [1.54, 1.807) is 13.2 Å². The largest absolute Gasteiger partial charge is 0.497 e. The predicted octanol–water partition coefficient (Wildman–Crippen LogP) is 1.74. The Kier molecular flexibility index (Phi) is 2.10. The second kappa shape index (κ2) is 3.41. The number of nitrogens with one attached hydrogen (secondary N) is 2. The zero-order chi connectivity index (χ0) is 9.97. The SMILES string of the molecule is COc1cc(NC=O)c2cc[nH]c2c1. The zero-order valence-corrected chi connectivity index (χ0v) is 7.70. The molecule has 0 atom stereocenters. The fourth-order valence-electron chi connectivity index (χ4n) is 1.44. The lowest BCUT2D eigenvalue weighted by atomic mass is 10.2. The van der Waals surface area contributed by atoms with Gasteiger partial charge in [-0.3, -0.25) is 4.79 Å². The normalized spacial score (nSPS) is 10.1. The first-order valence-corrected chi connectivity index (χ1v) is 4.20. The van der Waals surface area contributed by atoms with Gasteiger partial charge in [0.05, 0.1) is 18.3 Å². The minimum atomic E-state index is 0.654. The number of rotatable bonds is 3. The fourth-order valence-corrected chi connectivity index (χ4v) is 1.44. The van der Waals surface area contributed by atoms with Crippen LogP contribution in [0.5, 0.6) is 5.75 Å². The van der Waals surface area contributed by atoms with Crippen molar-refractivity contribution in [3.63, 3.8) is 0 Å². The maximum Gasteiger partial charge on any atom is 0.211 e. The Morgan fingerprint density at radius 1 is 1.50 bits per heavy atom. The predicted molar refractivity (Wildman–Crippen MR) is 54.5 cm³/mol. The number of fused-ring (bicyclic) bond motifs is 1. The van der Waals surface area contributed by atoms with E-state index < -0.39 is 0 Å². The van der Waals surface area contributed by atoms with E-state index >= 15 is 0 Å². The van der Waals surface area contributed by atoms with Gasteiger partial charge in [-0.15, -0.1) is 0 Å². The van der Waals surface area contributed by atoms with Crippen LogP contribution in [0.25, 0.3) is 10.9 Å². The summed E-state index contributed by atoms with van der Waals surface area (Å²) >= 11 is 0. The molecule has 0 unspecified atom stereocenters. The van der Waals surface area contributed by atoms with Gasteiger partial charge < -0.3 is 15.0 Å². The lowest BCUT2D eigenvalue weighted by Gasteiger charge is -2.05. The quantitative estimate of drug-likeness (QED) is 0.724. The summed E-state index contributed by atoms with van der Waals surface area (Å²) in [4.78, 5) is 13.4. The molecule has 1 aromatic heterocycles. The van der Waals surface area contributed by atoms with Crippen molar-refractivity contribution in [1.29, 1.82) is 0 Å². The van der Waals surface area contributed by atoms with Crippen LogP contribution < -0.4 is 10.1 Å². The number of amides is 1. The summed E-state index contributed by atoms with van der Waals surface area (Å²) in [5.41, 5.74) is 1.68. The fraction of sp³-hybridized carbons (Fsp3) is 0.100. The molecule has 0 aliphatic carbocycles. The zero-order valence-electron chi connectivity index (χ0n) is 7.70. The molecule has 1 amide bonds. The summed E-state index contributed by atoms with van der Waals surface area (Å²) in [6.45, 7) is 0. The molecule has 2 aromatic rings. The van der Waals surface area contributed by atoms with Crippen molar-refractivity contribution >= 4 is 23.0 Å². The van der Waals surface area contributed by atoms with Crippen LogP contribution in [0, 0.1) is 0 Å². The summed E-state index contributed by atoms with van der Waals surface area (Å²) in [5, 5.41) is 3.60. The van der Waals surface area contributed by atoms with Crippen LogP contribution in [0.4, 0.5) is 5.69 Å². The third kappa shape index (κ3) is 1.31. The summed E-state index contributed by atoms with van der Waals surface area (Å²) in [7, 11) is 1.59. The van der Waals surface area contributed by atoms with Crippen molar-refractivity contribution in [2.75, 3.05) is 12.4 Å². The van der Waals surface area contributed by atoms with E-state index in [1.807, 2.05) is 18.3 Å². The van der Waals surface area contributed by atoms with E-state index in [1.165, 1.54) is 0 Å². The lowest BCUT2D eigenvalue weighted by Crippen LogP contribution is -1.95. The van der Waals surface area contributed by atoms with Crippen LogP contribution in [0.1, 0.15) is 0 Å². The van der Waals surface area contributed by atoms with Gasteiger partial charge in [-0.05, 0) is 6.07 Å². The van der Waals surface area contributed by atoms with Gasteiger partial charge in [-0.2, -0.15) is 0 Å². The van der Waals surface area contributed by atoms with Gasteiger partial charge in [0.2, 0.25) is 6.41 Å². The average molecular weight is 190 g/mol. The Bertz CT molecular complexity index is 462. The molecule has 14 heavy (non-hydrogen) atoms. The molecule has 4 heteroatoms. The van der Waals surface area contributed by atoms with Crippen molar-refractivity contribution in [2.24, 2.45) is 0 Å². The van der Waals surface area contributed by atoms with Crippen LogP contribution in [-0.4, -0.2) is 18.5 Å². The van der Waals surface area contributed by atoms with E-state index in [0.717, 1.165) is 16.6 Å². The van der Waals surface area contributed by atoms with Crippen molar-refractivity contribution < 1.29 is 9.53 Å². The Balaban J connectivity index is 2.63. The number of benzene rings is 1. The second-order valence-electron chi connectivity index (χ2n) is 2.88. The maximum atomic E-state index is 10.4. The molecule has 0 spiro atoms. The topological polar surface area (TPSA) is 54.1 Å². The van der Waals surface area contributed by atoms with Gasteiger partial charge >= 0.3 is 0 Å². The number of H-pyrrole nitrogens is 1. The number of hydrogen-bond acceptors (Lipinski definition) is 2. The van der Waals surface area contributed by atoms with Crippen LogP contribution in [0.2, 0.25) is 0 Å². The third-order valence-corrected chi connectivity index (χ3v) is 2.09. The minimum Gasteiger partial charge on any atom is -0.497 e. The molecule has 2 N–H and O–H groups in total. The Morgan fingerprint density at radius 2 is 2.36 bits per heavy atom. The highest BCUT2D eigenvalue weighted by Crippen LogP contribution is 2.27. The Morgan fingerprint density at radius 3 is 3.07 bits per heavy atom. The molecule has 4 nitrogen and oxygen atoms in total. The average Bonchev–Trinajstić information content (AvgIpc) is 2.66. The lowest BCUT2D eigenvalue weighted by molar-refractivity contribution is -0.105. The highest BCUT2D eigenvalue weighted by molar-refractivity contribution is 5.97. The summed E-state index contributed by atoms with van der Waals surface area (Å²) < 4.78 is 5.10. The van der Waals surface area contributed by atoms with E-state index in [4.69, 9.17) is 4.74 Å². The molecule has 0 radical (unpaired) electrons. The van der Waals surface area contributed by atoms with Crippen LogP contribution in [-0.2, 0) is 4.79 Å². The monoisotopic (exact) mass is 190 g/mol. The molecular weight excluding hydrogens is 180 g/mol. The van der Waals surface area contributed by atoms with Gasteiger partial charge in [0.15, 0.2) is 0 Å². The molecular formula is C10H10N2O2. The van der Waals surface area contributed by atoms with E-state index in [9.17, 15) is 4.79 Å². The number of carbonyl (C=O) groups excluding carboxylic acids is 1. The van der Waals surface area contributed by atoms with Crippen molar-refractivity contribution in [3.05, 3.63) is 24.4 Å². The first-order chi connectivity index (χ1) is 6.85. The van der Waals surface area contributed by atoms with Crippen LogP contribution >= 0.6 is 0 Å². The molecule has 72 valence electrons. The number of ether oxygens (including phenoxy) is 1. The molecule has 0 fully saturated rings. The number of aromatic amines is 1. The van der Waals surface area contributed by atoms with E-state index in [-0.39, 0.29) is 0 Å². The second-order valence-corrected chi connectivity index (χ2v) is 2.88. The molecule has 0 aliphatic heterocycles. The third-order valence-electron chi connectivity index (χ3n) is 2.09. The highest BCUT2D eigenvalue weighted by Gasteiger charge is 2.04. The smallest absolute Gasteiger partial charge is 0.211 e. The molecule has 0 saturated heterocycles. The number of carbonyl (C=O) groups is 1. The van der Waals surface area contributed by atoms with Crippen LogP contribution in [0.15, 0.2) is 24.4 Å². The number of methoxy groups -OCH3 is 1. The minimum absolute atomic E-state index is 0.654. The number of aromatic nitrogens is 1. The van der Waals surface area contributed by atoms with Crippen molar-refractivity contribution in [3.8, 4) is 5.75 Å². The molecule has 1 heterocycles. The molecule has 0 saturated carbocycles. The van der Waals surface area contributed by atoms with Gasteiger partial charge in [-0.1, -0.05) is 0 Å². The van der Waals surface area contributed by atoms with Crippen molar-refractivity contribution in [2.45, 2.75) is 0 Å². The molecule has 0 bridgehead atoms. The first-order valence-electron chi connectivity index (χ1n) is 4.20. The van der Waals surface area contributed by atoms with Gasteiger partial charge in [0.1, 0.15) is 5.75 Å².